The Bertz CT molecular complexity index is 849. The molecule has 0 saturated heterocycles. The van der Waals surface area contributed by atoms with E-state index in [4.69, 9.17) is 14.4 Å². The zero-order valence-electron chi connectivity index (χ0n) is 13.0. The molecule has 0 aliphatic heterocycles. The highest BCUT2D eigenvalue weighted by atomic mass is 79.9. The summed E-state index contributed by atoms with van der Waals surface area (Å²) in [7, 11) is 0. The van der Waals surface area contributed by atoms with E-state index < -0.39 is 11.9 Å². The van der Waals surface area contributed by atoms with Crippen LogP contribution in [0.2, 0.25) is 0 Å². The van der Waals surface area contributed by atoms with Crippen molar-refractivity contribution in [1.29, 1.82) is 0 Å². The minimum absolute atomic E-state index is 0.0534. The summed E-state index contributed by atoms with van der Waals surface area (Å²) in [5.74, 6) is -1.07. The monoisotopic (exact) mass is 411 g/mol. The number of rotatable bonds is 6. The molecular weight excluding hydrogens is 397 g/mol. The number of aromatic nitrogens is 1. The van der Waals surface area contributed by atoms with Crippen LogP contribution in [0.25, 0.3) is 11.0 Å². The van der Waals surface area contributed by atoms with Crippen molar-refractivity contribution in [2.24, 2.45) is 0 Å². The molecule has 2 aromatic rings. The molecule has 25 heavy (non-hydrogen) atoms. The molecule has 7 nitrogen and oxygen atoms in total. The predicted molar refractivity (Wildman–Crippen MR) is 92.7 cm³/mol. The summed E-state index contributed by atoms with van der Waals surface area (Å²) in [4.78, 5) is 21.1. The third-order valence-electron chi connectivity index (χ3n) is 3.53. The Labute approximate surface area is 150 Å². The molecular formula is C16H15BrFN3O4. The molecule has 3 N–H and O–H groups in total. The number of anilines is 1. The van der Waals surface area contributed by atoms with Crippen molar-refractivity contribution in [2.45, 2.75) is 12.5 Å². The van der Waals surface area contributed by atoms with Gasteiger partial charge in [0.25, 0.3) is 0 Å². The van der Waals surface area contributed by atoms with Crippen LogP contribution < -0.4 is 10.8 Å². The molecule has 9 heteroatoms. The number of carbonyl (C=O) groups excluding carboxylic acids is 1. The van der Waals surface area contributed by atoms with Crippen LogP contribution in [-0.4, -0.2) is 35.3 Å². The number of amides is 1. The molecule has 2 heterocycles. The first-order valence-electron chi connectivity index (χ1n) is 7.49. The average molecular weight is 412 g/mol. The Hall–Kier alpha value is -2.23. The topological polar surface area (TPSA) is 96.6 Å². The van der Waals surface area contributed by atoms with Crippen LogP contribution in [0.3, 0.4) is 0 Å². The van der Waals surface area contributed by atoms with E-state index >= 15 is 0 Å². The lowest BCUT2D eigenvalue weighted by Crippen LogP contribution is -2.27. The fourth-order valence-electron chi connectivity index (χ4n) is 2.39. The number of aliphatic hydroxyl groups excluding tert-OH is 1. The summed E-state index contributed by atoms with van der Waals surface area (Å²) in [5, 5.41) is 12.3. The van der Waals surface area contributed by atoms with E-state index in [0.717, 1.165) is 0 Å². The second-order valence-corrected chi connectivity index (χ2v) is 6.15. The number of halogens is 2. The Kier molecular flexibility index (Phi) is 5.47. The normalized spacial score (nSPS) is 17.2. The van der Waals surface area contributed by atoms with Crippen LogP contribution in [0.15, 0.2) is 45.3 Å². The van der Waals surface area contributed by atoms with Gasteiger partial charge in [-0.15, -0.1) is 0 Å². The van der Waals surface area contributed by atoms with Crippen molar-refractivity contribution >= 4 is 38.5 Å². The molecule has 0 radical (unpaired) electrons. The highest BCUT2D eigenvalue weighted by Gasteiger charge is 2.25. The van der Waals surface area contributed by atoms with E-state index in [2.05, 4.69) is 31.7 Å². The summed E-state index contributed by atoms with van der Waals surface area (Å²) < 4.78 is 20.4. The van der Waals surface area contributed by atoms with Gasteiger partial charge in [-0.1, -0.05) is 22.0 Å². The van der Waals surface area contributed by atoms with Crippen molar-refractivity contribution in [1.82, 2.24) is 10.5 Å². The summed E-state index contributed by atoms with van der Waals surface area (Å²) in [5.41, 5.74) is 2.94. The van der Waals surface area contributed by atoms with Gasteiger partial charge in [0.15, 0.2) is 0 Å². The maximum Gasteiger partial charge on any atom is 0.312 e. The fourth-order valence-corrected chi connectivity index (χ4v) is 2.80. The van der Waals surface area contributed by atoms with Gasteiger partial charge in [0.05, 0.1) is 30.3 Å². The van der Waals surface area contributed by atoms with Crippen molar-refractivity contribution in [2.75, 3.05) is 18.5 Å². The van der Waals surface area contributed by atoms with Gasteiger partial charge in [-0.05, 0) is 18.6 Å². The number of furan rings is 1. The van der Waals surface area contributed by atoms with Crippen LogP contribution >= 0.6 is 15.9 Å². The Morgan fingerprint density at radius 3 is 3.16 bits per heavy atom. The van der Waals surface area contributed by atoms with Crippen LogP contribution in [-0.2, 0) is 4.84 Å². The molecule has 0 aromatic carbocycles. The van der Waals surface area contributed by atoms with Crippen LogP contribution in [0.1, 0.15) is 17.0 Å². The van der Waals surface area contributed by atoms with E-state index in [1.54, 1.807) is 6.07 Å². The molecule has 1 amide bonds. The fraction of sp³-hybridized carbons (Fsp3) is 0.250. The summed E-state index contributed by atoms with van der Waals surface area (Å²) >= 11 is 3.23. The number of hydrogen-bond acceptors (Lipinski definition) is 6. The number of carbonyl (C=O) groups is 1. The molecule has 132 valence electrons. The Morgan fingerprint density at radius 2 is 2.40 bits per heavy atom. The number of nitrogens with one attached hydrogen (secondary N) is 2. The average Bonchev–Trinajstić information content (AvgIpc) is 2.96. The molecule has 1 unspecified atom stereocenters. The SMILES string of the molecule is O=C(NOCCO)c1oc2ccncc2c1NC1CC=C(Br)C=C1F. The third-order valence-corrected chi connectivity index (χ3v) is 4.08. The number of aliphatic hydroxyl groups is 1. The van der Waals surface area contributed by atoms with Gasteiger partial charge in [0.1, 0.15) is 11.4 Å². The number of pyridine rings is 1. The van der Waals surface area contributed by atoms with Gasteiger partial charge < -0.3 is 14.8 Å². The second-order valence-electron chi connectivity index (χ2n) is 5.23. The van der Waals surface area contributed by atoms with Crippen molar-refractivity contribution in [3.8, 4) is 0 Å². The number of hydrogen-bond donors (Lipinski definition) is 3. The first-order chi connectivity index (χ1) is 12.1. The van der Waals surface area contributed by atoms with Gasteiger partial charge in [0.2, 0.25) is 5.76 Å². The first-order valence-corrected chi connectivity index (χ1v) is 8.28. The number of fused-ring (bicyclic) bond motifs is 1. The minimum Gasteiger partial charge on any atom is -0.448 e. The van der Waals surface area contributed by atoms with Crippen LogP contribution in [0, 0.1) is 0 Å². The predicted octanol–water partition coefficient (Wildman–Crippen LogP) is 2.80. The largest absolute Gasteiger partial charge is 0.448 e. The molecule has 1 aliphatic carbocycles. The number of allylic oxidation sites excluding steroid dienone is 2. The van der Waals surface area contributed by atoms with Gasteiger partial charge in [-0.2, -0.15) is 0 Å². The third kappa shape index (κ3) is 3.89. The summed E-state index contributed by atoms with van der Waals surface area (Å²) in [6.07, 6.45) is 6.65. The van der Waals surface area contributed by atoms with Gasteiger partial charge >= 0.3 is 5.91 Å². The lowest BCUT2D eigenvalue weighted by molar-refractivity contribution is 0.0152. The number of hydroxylamine groups is 1. The van der Waals surface area contributed by atoms with Crippen molar-refractivity contribution in [3.05, 3.63) is 46.7 Å². The van der Waals surface area contributed by atoms with Crippen LogP contribution in [0.4, 0.5) is 10.1 Å². The smallest absolute Gasteiger partial charge is 0.312 e. The van der Waals surface area contributed by atoms with E-state index in [1.807, 2.05) is 6.08 Å². The zero-order chi connectivity index (χ0) is 17.8. The van der Waals surface area contributed by atoms with Gasteiger partial charge in [-0.3, -0.25) is 14.6 Å². The second kappa shape index (κ2) is 7.77. The van der Waals surface area contributed by atoms with Gasteiger partial charge in [0, 0.05) is 16.9 Å². The number of nitrogens with zero attached hydrogens (tertiary/aromatic N) is 1. The molecule has 1 aliphatic rings. The lowest BCUT2D eigenvalue weighted by Gasteiger charge is -2.19. The molecule has 1 atom stereocenters. The van der Waals surface area contributed by atoms with E-state index in [0.29, 0.717) is 27.6 Å². The van der Waals surface area contributed by atoms with E-state index in [-0.39, 0.29) is 24.8 Å². The van der Waals surface area contributed by atoms with Crippen LogP contribution in [0.5, 0.6) is 0 Å². The molecule has 0 bridgehead atoms. The highest BCUT2D eigenvalue weighted by molar-refractivity contribution is 9.11. The first kappa shape index (κ1) is 17.6. The molecule has 2 aromatic heterocycles. The minimum atomic E-state index is -0.649. The van der Waals surface area contributed by atoms with Gasteiger partial charge in [-0.25, -0.2) is 9.87 Å². The zero-order valence-corrected chi connectivity index (χ0v) is 14.5. The summed E-state index contributed by atoms with van der Waals surface area (Å²) in [6, 6.07) is 0.974. The molecule has 0 spiro atoms. The quantitative estimate of drug-likeness (QED) is 0.499. The lowest BCUT2D eigenvalue weighted by atomic mass is 10.1. The molecule has 0 saturated carbocycles. The van der Waals surface area contributed by atoms with Crippen molar-refractivity contribution < 1.29 is 23.5 Å². The highest BCUT2D eigenvalue weighted by Crippen LogP contribution is 2.33. The van der Waals surface area contributed by atoms with Crippen molar-refractivity contribution in [3.63, 3.8) is 0 Å². The Morgan fingerprint density at radius 1 is 1.56 bits per heavy atom. The molecule has 0 fully saturated rings. The maximum atomic E-state index is 14.2. The van der Waals surface area contributed by atoms with E-state index in [9.17, 15) is 9.18 Å². The summed E-state index contributed by atoms with van der Waals surface area (Å²) in [6.45, 7) is -0.302. The maximum absolute atomic E-state index is 14.2. The standard InChI is InChI=1S/C16H15BrFN3O4/c17-9-1-2-12(11(18)7-9)20-14-10-8-19-4-3-13(10)25-15(14)16(23)21-24-6-5-22/h1,3-4,7-8,12,20,22H,2,5-6H2,(H,21,23). The Balaban J connectivity index is 1.91. The van der Waals surface area contributed by atoms with E-state index in [1.165, 1.54) is 18.5 Å². The molecule has 3 rings (SSSR count).